The van der Waals surface area contributed by atoms with Gasteiger partial charge in [-0.3, -0.25) is 0 Å². The Kier molecular flexibility index (Phi) is 5.88. The van der Waals surface area contributed by atoms with Gasteiger partial charge in [0.15, 0.2) is 0 Å². The van der Waals surface area contributed by atoms with Crippen molar-refractivity contribution in [3.05, 3.63) is 64.6 Å². The normalized spacial score (nSPS) is 17.5. The Labute approximate surface area is 150 Å². The summed E-state index contributed by atoms with van der Waals surface area (Å²) in [6, 6.07) is 17.6. The van der Waals surface area contributed by atoms with Crippen molar-refractivity contribution < 1.29 is 9.53 Å². The number of halogens is 1. The molecule has 2 aromatic rings. The van der Waals surface area contributed by atoms with E-state index in [1.807, 2.05) is 59.5 Å². The highest BCUT2D eigenvalue weighted by atomic mass is 79.9. The molecule has 3 rings (SSSR count). The topological polar surface area (TPSA) is 41.6 Å². The number of amides is 2. The highest BCUT2D eigenvalue weighted by molar-refractivity contribution is 9.10. The third-order valence-corrected chi connectivity index (χ3v) is 4.62. The summed E-state index contributed by atoms with van der Waals surface area (Å²) in [5, 5.41) is 2.94. The monoisotopic (exact) mass is 388 g/mol. The van der Waals surface area contributed by atoms with E-state index in [0.717, 1.165) is 35.1 Å². The van der Waals surface area contributed by atoms with Crippen LogP contribution in [0, 0.1) is 0 Å². The SMILES string of the molecule is O=C(Nc1ccccc1)N1CCCC(OCc2ccc(Br)cc2)C1. The van der Waals surface area contributed by atoms with Gasteiger partial charge in [0.2, 0.25) is 0 Å². The van der Waals surface area contributed by atoms with Crippen molar-refractivity contribution >= 4 is 27.6 Å². The van der Waals surface area contributed by atoms with Crippen LogP contribution < -0.4 is 5.32 Å². The molecule has 1 atom stereocenters. The van der Waals surface area contributed by atoms with Gasteiger partial charge in [-0.05, 0) is 42.7 Å². The summed E-state index contributed by atoms with van der Waals surface area (Å²) in [4.78, 5) is 14.2. The van der Waals surface area contributed by atoms with Gasteiger partial charge in [-0.1, -0.05) is 46.3 Å². The van der Waals surface area contributed by atoms with Crippen LogP contribution in [-0.2, 0) is 11.3 Å². The van der Waals surface area contributed by atoms with Gasteiger partial charge >= 0.3 is 6.03 Å². The Morgan fingerprint density at radius 3 is 2.67 bits per heavy atom. The first kappa shape index (κ1) is 17.0. The van der Waals surface area contributed by atoms with Crippen LogP contribution in [0.5, 0.6) is 0 Å². The number of benzene rings is 2. The predicted molar refractivity (Wildman–Crippen MR) is 99.0 cm³/mol. The average molecular weight is 389 g/mol. The third kappa shape index (κ3) is 4.82. The number of para-hydroxylation sites is 1. The number of carbonyl (C=O) groups is 1. The van der Waals surface area contributed by atoms with Crippen molar-refractivity contribution in [2.24, 2.45) is 0 Å². The number of carbonyl (C=O) groups excluding carboxylic acids is 1. The lowest BCUT2D eigenvalue weighted by Gasteiger charge is -2.32. The van der Waals surface area contributed by atoms with Crippen molar-refractivity contribution in [3.63, 3.8) is 0 Å². The Hall–Kier alpha value is -1.85. The number of ether oxygens (including phenoxy) is 1. The second-order valence-electron chi connectivity index (χ2n) is 5.94. The molecule has 0 aromatic heterocycles. The first-order valence-electron chi connectivity index (χ1n) is 8.18. The second kappa shape index (κ2) is 8.31. The predicted octanol–water partition coefficient (Wildman–Crippen LogP) is 4.66. The quantitative estimate of drug-likeness (QED) is 0.826. The van der Waals surface area contributed by atoms with Gasteiger partial charge in [0.05, 0.1) is 12.7 Å². The third-order valence-electron chi connectivity index (χ3n) is 4.09. The minimum absolute atomic E-state index is 0.0573. The molecule has 0 radical (unpaired) electrons. The number of nitrogens with one attached hydrogen (secondary N) is 1. The molecule has 0 aliphatic carbocycles. The van der Waals surface area contributed by atoms with Crippen LogP contribution in [0.3, 0.4) is 0 Å². The van der Waals surface area contributed by atoms with Gasteiger partial charge in [0.25, 0.3) is 0 Å². The molecule has 2 aromatic carbocycles. The number of hydrogen-bond donors (Lipinski definition) is 1. The first-order chi connectivity index (χ1) is 11.7. The van der Waals surface area contributed by atoms with Gasteiger partial charge in [-0.2, -0.15) is 0 Å². The lowest BCUT2D eigenvalue weighted by Crippen LogP contribution is -2.45. The van der Waals surface area contributed by atoms with Crippen molar-refractivity contribution in [2.45, 2.75) is 25.6 Å². The number of hydrogen-bond acceptors (Lipinski definition) is 2. The van der Waals surface area contributed by atoms with Crippen LogP contribution in [0.15, 0.2) is 59.1 Å². The zero-order valence-electron chi connectivity index (χ0n) is 13.5. The second-order valence-corrected chi connectivity index (χ2v) is 6.86. The van der Waals surface area contributed by atoms with Crippen LogP contribution in [-0.4, -0.2) is 30.1 Å². The van der Waals surface area contributed by atoms with E-state index in [-0.39, 0.29) is 12.1 Å². The summed E-state index contributed by atoms with van der Waals surface area (Å²) in [6.07, 6.45) is 2.04. The standard InChI is InChI=1S/C19H21BrN2O2/c20-16-10-8-15(9-11-16)14-24-18-7-4-12-22(13-18)19(23)21-17-5-2-1-3-6-17/h1-3,5-6,8-11,18H,4,7,12-14H2,(H,21,23). The number of likely N-dealkylation sites (tertiary alicyclic amines) is 1. The van der Waals surface area contributed by atoms with Crippen molar-refractivity contribution in [1.82, 2.24) is 4.90 Å². The summed E-state index contributed by atoms with van der Waals surface area (Å²) >= 11 is 3.43. The molecule has 1 saturated heterocycles. The van der Waals surface area contributed by atoms with Crippen LogP contribution in [0.4, 0.5) is 10.5 Å². The fourth-order valence-electron chi connectivity index (χ4n) is 2.78. The molecule has 1 aliphatic rings. The number of piperidine rings is 1. The summed E-state index contributed by atoms with van der Waals surface area (Å²) in [5.41, 5.74) is 1.96. The minimum Gasteiger partial charge on any atom is -0.372 e. The molecule has 2 amide bonds. The van der Waals surface area contributed by atoms with Gasteiger partial charge in [0.1, 0.15) is 0 Å². The maximum absolute atomic E-state index is 12.4. The van der Waals surface area contributed by atoms with Crippen LogP contribution in [0.1, 0.15) is 18.4 Å². The molecular weight excluding hydrogens is 368 g/mol. The molecule has 1 heterocycles. The molecule has 1 unspecified atom stereocenters. The number of nitrogens with zero attached hydrogens (tertiary/aromatic N) is 1. The molecule has 4 nitrogen and oxygen atoms in total. The zero-order valence-corrected chi connectivity index (χ0v) is 15.0. The largest absolute Gasteiger partial charge is 0.372 e. The average Bonchev–Trinajstić information content (AvgIpc) is 2.62. The highest BCUT2D eigenvalue weighted by Crippen LogP contribution is 2.18. The molecule has 0 bridgehead atoms. The molecule has 24 heavy (non-hydrogen) atoms. The van der Waals surface area contributed by atoms with Crippen LogP contribution >= 0.6 is 15.9 Å². The molecule has 1 fully saturated rings. The molecule has 1 N–H and O–H groups in total. The van der Waals surface area contributed by atoms with E-state index in [1.54, 1.807) is 0 Å². The lowest BCUT2D eigenvalue weighted by atomic mass is 10.1. The number of anilines is 1. The van der Waals surface area contributed by atoms with E-state index in [2.05, 4.69) is 21.2 Å². The minimum atomic E-state index is -0.0573. The molecule has 1 aliphatic heterocycles. The van der Waals surface area contributed by atoms with E-state index in [0.29, 0.717) is 13.2 Å². The van der Waals surface area contributed by atoms with Crippen LogP contribution in [0.2, 0.25) is 0 Å². The van der Waals surface area contributed by atoms with E-state index in [1.165, 1.54) is 0 Å². The lowest BCUT2D eigenvalue weighted by molar-refractivity contribution is 0.00101. The fraction of sp³-hybridized carbons (Fsp3) is 0.316. The molecule has 126 valence electrons. The Balaban J connectivity index is 1.50. The number of urea groups is 1. The van der Waals surface area contributed by atoms with Gasteiger partial charge in [0, 0.05) is 23.2 Å². The zero-order chi connectivity index (χ0) is 16.8. The molecular formula is C19H21BrN2O2. The van der Waals surface area contributed by atoms with Crippen molar-refractivity contribution in [3.8, 4) is 0 Å². The van der Waals surface area contributed by atoms with Gasteiger partial charge in [-0.25, -0.2) is 4.79 Å². The molecule has 5 heteroatoms. The smallest absolute Gasteiger partial charge is 0.321 e. The highest BCUT2D eigenvalue weighted by Gasteiger charge is 2.24. The van der Waals surface area contributed by atoms with Crippen molar-refractivity contribution in [2.75, 3.05) is 18.4 Å². The van der Waals surface area contributed by atoms with E-state index >= 15 is 0 Å². The molecule has 0 spiro atoms. The van der Waals surface area contributed by atoms with E-state index in [9.17, 15) is 4.79 Å². The van der Waals surface area contributed by atoms with Crippen LogP contribution in [0.25, 0.3) is 0 Å². The van der Waals surface area contributed by atoms with Gasteiger partial charge < -0.3 is 15.0 Å². The Bertz CT molecular complexity index is 661. The summed E-state index contributed by atoms with van der Waals surface area (Å²) in [6.45, 7) is 1.98. The molecule has 0 saturated carbocycles. The Morgan fingerprint density at radius 2 is 1.92 bits per heavy atom. The van der Waals surface area contributed by atoms with Gasteiger partial charge in [-0.15, -0.1) is 0 Å². The first-order valence-corrected chi connectivity index (χ1v) is 8.97. The number of rotatable bonds is 4. The maximum atomic E-state index is 12.4. The summed E-state index contributed by atoms with van der Waals surface area (Å²) in [7, 11) is 0. The van der Waals surface area contributed by atoms with E-state index < -0.39 is 0 Å². The fourth-order valence-corrected chi connectivity index (χ4v) is 3.04. The van der Waals surface area contributed by atoms with E-state index in [4.69, 9.17) is 4.74 Å². The summed E-state index contributed by atoms with van der Waals surface area (Å²) in [5.74, 6) is 0. The Morgan fingerprint density at radius 1 is 1.17 bits per heavy atom. The van der Waals surface area contributed by atoms with Crippen molar-refractivity contribution in [1.29, 1.82) is 0 Å². The maximum Gasteiger partial charge on any atom is 0.321 e. The summed E-state index contributed by atoms with van der Waals surface area (Å²) < 4.78 is 7.07.